The van der Waals surface area contributed by atoms with Gasteiger partial charge in [-0.25, -0.2) is 4.79 Å². The number of aromatic hydroxyl groups is 1. The molecule has 14 heteroatoms. The molecule has 0 spiro atoms. The van der Waals surface area contributed by atoms with Crippen molar-refractivity contribution in [3.8, 4) is 5.75 Å². The number of carbonyl (C=O) groups is 5. The zero-order chi connectivity index (χ0) is 34.5. The fourth-order valence-electron chi connectivity index (χ4n) is 5.62. The predicted molar refractivity (Wildman–Crippen MR) is 176 cm³/mol. The van der Waals surface area contributed by atoms with Crippen LogP contribution in [0.25, 0.3) is 0 Å². The van der Waals surface area contributed by atoms with Crippen LogP contribution in [0, 0.1) is 19.3 Å². The number of rotatable bonds is 7. The molecule has 1 aliphatic rings. The molecular formula is C33H46N8O6. The number of hydrogen-bond donors (Lipinski definition) is 8. The normalized spacial score (nSPS) is 19.9. The van der Waals surface area contributed by atoms with Gasteiger partial charge in [-0.15, -0.1) is 0 Å². The lowest BCUT2D eigenvalue weighted by Gasteiger charge is -2.32. The van der Waals surface area contributed by atoms with Gasteiger partial charge in [-0.1, -0.05) is 30.3 Å². The van der Waals surface area contributed by atoms with Gasteiger partial charge in [0, 0.05) is 32.4 Å². The van der Waals surface area contributed by atoms with Crippen molar-refractivity contribution >= 4 is 35.6 Å². The van der Waals surface area contributed by atoms with Crippen molar-refractivity contribution in [3.05, 3.63) is 64.7 Å². The van der Waals surface area contributed by atoms with E-state index in [0.717, 1.165) is 22.3 Å². The highest BCUT2D eigenvalue weighted by Gasteiger charge is 2.29. The number of primary amides is 2. The minimum Gasteiger partial charge on any atom is -0.508 e. The molecule has 3 rings (SSSR count). The third-order valence-electron chi connectivity index (χ3n) is 8.15. The summed E-state index contributed by atoms with van der Waals surface area (Å²) < 4.78 is 0. The third-order valence-corrected chi connectivity index (χ3v) is 8.15. The van der Waals surface area contributed by atoms with Gasteiger partial charge in [-0.05, 0) is 80.3 Å². The highest BCUT2D eigenvalue weighted by atomic mass is 16.3. The average Bonchev–Trinajstić information content (AvgIpc) is 3.00. The zero-order valence-corrected chi connectivity index (χ0v) is 26.9. The summed E-state index contributed by atoms with van der Waals surface area (Å²) in [6.07, 6.45) is 2.08. The molecule has 14 nitrogen and oxygen atoms in total. The van der Waals surface area contributed by atoms with Crippen LogP contribution in [0.15, 0.2) is 42.5 Å². The van der Waals surface area contributed by atoms with Crippen LogP contribution < -0.4 is 32.7 Å². The molecule has 0 bridgehead atoms. The largest absolute Gasteiger partial charge is 0.508 e. The molecule has 1 saturated heterocycles. The van der Waals surface area contributed by atoms with Gasteiger partial charge in [0.1, 0.15) is 23.9 Å². The number of phenolic OH excluding ortho intramolecular Hbond substituents is 1. The Kier molecular flexibility index (Phi) is 13.5. The molecule has 0 radical (unpaired) electrons. The first-order valence-electron chi connectivity index (χ1n) is 15.8. The Hall–Kier alpha value is -5.14. The number of guanidine groups is 1. The molecule has 47 heavy (non-hydrogen) atoms. The molecule has 6 amide bonds. The molecule has 10 N–H and O–H groups in total. The maximum Gasteiger partial charge on any atom is 0.321 e. The number of urea groups is 1. The summed E-state index contributed by atoms with van der Waals surface area (Å²) in [4.78, 5) is 65.5. The first-order valence-corrected chi connectivity index (χ1v) is 15.8. The Bertz CT molecular complexity index is 1430. The lowest BCUT2D eigenvalue weighted by Crippen LogP contribution is -2.55. The second-order valence-corrected chi connectivity index (χ2v) is 11.8. The number of benzene rings is 2. The van der Waals surface area contributed by atoms with Gasteiger partial charge in [0.05, 0.1) is 0 Å². The second-order valence-electron chi connectivity index (χ2n) is 11.8. The Morgan fingerprint density at radius 2 is 1.68 bits per heavy atom. The highest BCUT2D eigenvalue weighted by molar-refractivity contribution is 5.97. The van der Waals surface area contributed by atoms with Crippen molar-refractivity contribution in [3.63, 3.8) is 0 Å². The van der Waals surface area contributed by atoms with Crippen LogP contribution >= 0.6 is 0 Å². The summed E-state index contributed by atoms with van der Waals surface area (Å²) in [6, 6.07) is 8.70. The number of aryl methyl sites for hydroxylation is 2. The van der Waals surface area contributed by atoms with Gasteiger partial charge in [-0.2, -0.15) is 0 Å². The molecule has 0 saturated carbocycles. The quantitative estimate of drug-likeness (QED) is 0.216. The maximum absolute atomic E-state index is 13.5. The van der Waals surface area contributed by atoms with Crippen LogP contribution in [0.5, 0.6) is 5.75 Å². The molecule has 0 aromatic heterocycles. The summed E-state index contributed by atoms with van der Waals surface area (Å²) in [7, 11) is 0. The molecule has 1 aliphatic heterocycles. The van der Waals surface area contributed by atoms with Crippen LogP contribution in [0.4, 0.5) is 4.79 Å². The summed E-state index contributed by atoms with van der Waals surface area (Å²) in [5, 5.41) is 29.2. The van der Waals surface area contributed by atoms with Crippen LogP contribution in [0.3, 0.4) is 0 Å². The Balaban J connectivity index is 1.84. The van der Waals surface area contributed by atoms with E-state index >= 15 is 0 Å². The zero-order valence-electron chi connectivity index (χ0n) is 26.9. The standard InChI is InChI=1S/C33H46N8O6/c1-20-16-23(42)17-21(2)24(20)19-26-31(46)39-25(29(34)44)12-6-8-14-37-33(47)40-32(36)41(15-9-7-13-28(43)38-26)27(30(35)45)18-22-10-4-3-5-11-22/h3-5,10-11,16-17,25-27,42H,6-9,12-15,18-19H2,1-2H3,(H2,34,44)(H2,35,45)(H,38,43)(H,39,46)(H3,36,37,40,47)/t25?,26?,27-/m0/s1. The van der Waals surface area contributed by atoms with Crippen molar-refractivity contribution in [2.75, 3.05) is 13.1 Å². The molecule has 2 unspecified atom stereocenters. The summed E-state index contributed by atoms with van der Waals surface area (Å²) in [6.45, 7) is 3.94. The number of nitrogens with one attached hydrogen (secondary N) is 5. The van der Waals surface area contributed by atoms with E-state index in [4.69, 9.17) is 16.9 Å². The van der Waals surface area contributed by atoms with Gasteiger partial charge < -0.3 is 37.4 Å². The molecule has 0 aliphatic carbocycles. The van der Waals surface area contributed by atoms with Crippen molar-refractivity contribution in [2.45, 2.75) is 83.3 Å². The number of carbonyl (C=O) groups excluding carboxylic acids is 5. The van der Waals surface area contributed by atoms with E-state index in [2.05, 4.69) is 21.3 Å². The van der Waals surface area contributed by atoms with Crippen molar-refractivity contribution < 1.29 is 29.1 Å². The van der Waals surface area contributed by atoms with Gasteiger partial charge in [-0.3, -0.25) is 29.9 Å². The predicted octanol–water partition coefficient (Wildman–Crippen LogP) is 0.993. The van der Waals surface area contributed by atoms with Gasteiger partial charge >= 0.3 is 6.03 Å². The van der Waals surface area contributed by atoms with Gasteiger partial charge in [0.2, 0.25) is 23.6 Å². The fraction of sp³-hybridized carbons (Fsp3) is 0.455. The molecular weight excluding hydrogens is 604 g/mol. The lowest BCUT2D eigenvalue weighted by atomic mass is 9.95. The Labute approximate surface area is 274 Å². The van der Waals surface area contributed by atoms with E-state index in [1.807, 2.05) is 30.3 Å². The first kappa shape index (κ1) is 36.3. The lowest BCUT2D eigenvalue weighted by molar-refractivity contribution is -0.131. The molecule has 3 atom stereocenters. The van der Waals surface area contributed by atoms with Crippen LogP contribution in [-0.2, 0) is 32.0 Å². The monoisotopic (exact) mass is 650 g/mol. The summed E-state index contributed by atoms with van der Waals surface area (Å²) in [5.41, 5.74) is 14.4. The third kappa shape index (κ3) is 11.3. The average molecular weight is 651 g/mol. The summed E-state index contributed by atoms with van der Waals surface area (Å²) >= 11 is 0. The highest BCUT2D eigenvalue weighted by Crippen LogP contribution is 2.22. The van der Waals surface area contributed by atoms with Crippen LogP contribution in [0.1, 0.15) is 60.8 Å². The number of phenols is 1. The molecule has 2 aromatic rings. The van der Waals surface area contributed by atoms with Crippen LogP contribution in [0.2, 0.25) is 0 Å². The minimum atomic E-state index is -1.04. The number of hydrogen-bond acceptors (Lipinski definition) is 7. The van der Waals surface area contributed by atoms with Crippen molar-refractivity contribution in [1.82, 2.24) is 26.2 Å². The molecule has 2 aromatic carbocycles. The van der Waals surface area contributed by atoms with Crippen molar-refractivity contribution in [2.24, 2.45) is 11.5 Å². The van der Waals surface area contributed by atoms with E-state index in [9.17, 15) is 29.1 Å². The summed E-state index contributed by atoms with van der Waals surface area (Å²) in [5.74, 6) is -2.62. The van der Waals surface area contributed by atoms with Gasteiger partial charge in [0.15, 0.2) is 5.96 Å². The van der Waals surface area contributed by atoms with Crippen molar-refractivity contribution in [1.29, 1.82) is 5.41 Å². The Morgan fingerprint density at radius 1 is 1.00 bits per heavy atom. The maximum atomic E-state index is 13.5. The molecule has 254 valence electrons. The van der Waals surface area contributed by atoms with E-state index in [-0.39, 0.29) is 50.5 Å². The minimum absolute atomic E-state index is 0.0194. The van der Waals surface area contributed by atoms with Crippen LogP contribution in [-0.4, -0.2) is 76.8 Å². The van der Waals surface area contributed by atoms with E-state index < -0.39 is 47.8 Å². The van der Waals surface area contributed by atoms with E-state index in [1.54, 1.807) is 26.0 Å². The SMILES string of the molecule is Cc1cc(O)cc(C)c1CC1NC(=O)CCCCN([C@@H](Cc2ccccc2)C(N)=O)C(=N)NC(=O)NCCCCC(C(N)=O)NC1=O. The number of amides is 6. The van der Waals surface area contributed by atoms with Gasteiger partial charge in [0.25, 0.3) is 0 Å². The molecule has 1 fully saturated rings. The smallest absolute Gasteiger partial charge is 0.321 e. The number of nitrogens with two attached hydrogens (primary N) is 2. The molecule has 1 heterocycles. The van der Waals surface area contributed by atoms with E-state index in [0.29, 0.717) is 25.7 Å². The Morgan fingerprint density at radius 3 is 2.32 bits per heavy atom. The second kappa shape index (κ2) is 17.5. The topological polar surface area (TPSA) is 233 Å². The first-order chi connectivity index (χ1) is 22.3. The fourth-order valence-corrected chi connectivity index (χ4v) is 5.62. The van der Waals surface area contributed by atoms with E-state index in [1.165, 1.54) is 4.90 Å². The number of nitrogens with zero attached hydrogens (tertiary/aromatic N) is 1.